The normalized spacial score (nSPS) is 24.0. The minimum Gasteiger partial charge on any atom is -0.0617 e. The highest BCUT2D eigenvalue weighted by Gasteiger charge is 2.28. The van der Waals surface area contributed by atoms with E-state index in [9.17, 15) is 0 Å². The summed E-state index contributed by atoms with van der Waals surface area (Å²) in [6.07, 6.45) is 7.40. The van der Waals surface area contributed by atoms with Gasteiger partial charge in [-0.3, -0.25) is 0 Å². The van der Waals surface area contributed by atoms with Gasteiger partial charge in [0, 0.05) is 0 Å². The molecule has 1 rings (SSSR count). The van der Waals surface area contributed by atoms with Crippen LogP contribution in [0.3, 0.4) is 0 Å². The van der Waals surface area contributed by atoms with Gasteiger partial charge in [-0.2, -0.15) is 0 Å². The predicted molar refractivity (Wildman–Crippen MR) is 55.2 cm³/mol. The van der Waals surface area contributed by atoms with Gasteiger partial charge in [0.25, 0.3) is 0 Å². The third-order valence-electron chi connectivity index (χ3n) is 3.72. The first-order valence-corrected chi connectivity index (χ1v) is 5.52. The topological polar surface area (TPSA) is 0 Å². The zero-order chi connectivity index (χ0) is 9.19. The molecule has 72 valence electrons. The second-order valence-corrected chi connectivity index (χ2v) is 5.55. The van der Waals surface area contributed by atoms with E-state index in [0.29, 0.717) is 5.41 Å². The summed E-state index contributed by atoms with van der Waals surface area (Å²) in [6, 6.07) is 0. The second kappa shape index (κ2) is 3.81. The van der Waals surface area contributed by atoms with Crippen LogP contribution in [0, 0.1) is 17.3 Å². The van der Waals surface area contributed by atoms with Crippen molar-refractivity contribution in [2.45, 2.75) is 59.8 Å². The highest BCUT2D eigenvalue weighted by atomic mass is 14.3. The van der Waals surface area contributed by atoms with Gasteiger partial charge in [-0.15, -0.1) is 0 Å². The molecule has 1 aliphatic carbocycles. The molecule has 0 unspecified atom stereocenters. The van der Waals surface area contributed by atoms with Crippen molar-refractivity contribution >= 4 is 0 Å². The van der Waals surface area contributed by atoms with Crippen molar-refractivity contribution in [2.24, 2.45) is 17.3 Å². The molecule has 0 aliphatic heterocycles. The van der Waals surface area contributed by atoms with Crippen molar-refractivity contribution < 1.29 is 0 Å². The van der Waals surface area contributed by atoms with E-state index in [1.165, 1.54) is 32.1 Å². The van der Waals surface area contributed by atoms with Crippen molar-refractivity contribution in [2.75, 3.05) is 0 Å². The molecule has 0 heterocycles. The molecule has 0 saturated heterocycles. The first-order chi connectivity index (χ1) is 5.52. The molecule has 1 atom stereocenters. The Balaban J connectivity index is 2.45. The summed E-state index contributed by atoms with van der Waals surface area (Å²) < 4.78 is 0. The Bertz CT molecular complexity index is 123. The van der Waals surface area contributed by atoms with E-state index in [1.54, 1.807) is 0 Å². The summed E-state index contributed by atoms with van der Waals surface area (Å²) in [5.41, 5.74) is 0.516. The molecule has 0 bridgehead atoms. The molecule has 0 amide bonds. The van der Waals surface area contributed by atoms with Crippen molar-refractivity contribution in [3.8, 4) is 0 Å². The maximum atomic E-state index is 2.44. The Labute approximate surface area is 77.7 Å². The van der Waals surface area contributed by atoms with Crippen LogP contribution in [0.25, 0.3) is 0 Å². The lowest BCUT2D eigenvalue weighted by atomic mass is 9.69. The second-order valence-electron chi connectivity index (χ2n) is 5.55. The van der Waals surface area contributed by atoms with E-state index in [4.69, 9.17) is 0 Å². The summed E-state index contributed by atoms with van der Waals surface area (Å²) in [5.74, 6) is 1.91. The molecule has 0 radical (unpaired) electrons. The molecule has 0 N–H and O–H groups in total. The van der Waals surface area contributed by atoms with Gasteiger partial charge in [0.05, 0.1) is 0 Å². The number of rotatable bonds is 1. The van der Waals surface area contributed by atoms with Crippen molar-refractivity contribution in [1.82, 2.24) is 0 Å². The van der Waals surface area contributed by atoms with E-state index >= 15 is 0 Å². The molecular weight excluding hydrogens is 144 g/mol. The Kier molecular flexibility index (Phi) is 3.20. The van der Waals surface area contributed by atoms with Crippen LogP contribution in [-0.4, -0.2) is 0 Å². The van der Waals surface area contributed by atoms with Crippen LogP contribution in [0.15, 0.2) is 0 Å². The minimum absolute atomic E-state index is 0.516. The summed E-state index contributed by atoms with van der Waals surface area (Å²) in [4.78, 5) is 0. The fraction of sp³-hybridized carbons (Fsp3) is 1.00. The third-order valence-corrected chi connectivity index (χ3v) is 3.72. The van der Waals surface area contributed by atoms with Gasteiger partial charge in [0.1, 0.15) is 0 Å². The third kappa shape index (κ3) is 2.50. The lowest BCUT2D eigenvalue weighted by molar-refractivity contribution is 0.141. The zero-order valence-corrected chi connectivity index (χ0v) is 9.19. The van der Waals surface area contributed by atoms with Crippen LogP contribution in [-0.2, 0) is 0 Å². The quantitative estimate of drug-likeness (QED) is 0.549. The van der Waals surface area contributed by atoms with Gasteiger partial charge in [0.15, 0.2) is 0 Å². The summed E-state index contributed by atoms with van der Waals surface area (Å²) >= 11 is 0. The highest BCUT2D eigenvalue weighted by Crippen LogP contribution is 2.39. The molecule has 0 nitrogen and oxygen atoms in total. The first kappa shape index (κ1) is 10.1. The monoisotopic (exact) mass is 168 g/mol. The van der Waals surface area contributed by atoms with Crippen molar-refractivity contribution in [3.63, 3.8) is 0 Å². The zero-order valence-electron chi connectivity index (χ0n) is 9.19. The van der Waals surface area contributed by atoms with Crippen LogP contribution >= 0.6 is 0 Å². The molecule has 0 aromatic carbocycles. The van der Waals surface area contributed by atoms with Gasteiger partial charge in [-0.1, -0.05) is 59.8 Å². The standard InChI is InChI=1S/C12H24/c1-10(12(2,3)4)11-8-6-5-7-9-11/h10-11H,5-9H2,1-4H3/t10-/m0/s1. The van der Waals surface area contributed by atoms with E-state index in [2.05, 4.69) is 27.7 Å². The summed E-state index contributed by atoms with van der Waals surface area (Å²) in [5, 5.41) is 0. The molecule has 0 aromatic heterocycles. The van der Waals surface area contributed by atoms with Gasteiger partial charge < -0.3 is 0 Å². The fourth-order valence-corrected chi connectivity index (χ4v) is 2.34. The molecule has 1 aliphatic rings. The molecule has 0 aromatic rings. The van der Waals surface area contributed by atoms with E-state index < -0.39 is 0 Å². The lowest BCUT2D eigenvalue weighted by Gasteiger charge is -2.36. The Morgan fingerprint density at radius 1 is 1.00 bits per heavy atom. The van der Waals surface area contributed by atoms with Crippen LogP contribution < -0.4 is 0 Å². The van der Waals surface area contributed by atoms with E-state index in [-0.39, 0.29) is 0 Å². The molecule has 0 heteroatoms. The van der Waals surface area contributed by atoms with Gasteiger partial charge in [-0.25, -0.2) is 0 Å². The molecular formula is C12H24. The van der Waals surface area contributed by atoms with Gasteiger partial charge in [-0.05, 0) is 17.3 Å². The molecule has 1 saturated carbocycles. The van der Waals surface area contributed by atoms with E-state index in [0.717, 1.165) is 11.8 Å². The van der Waals surface area contributed by atoms with E-state index in [1.807, 2.05) is 0 Å². The lowest BCUT2D eigenvalue weighted by Crippen LogP contribution is -2.27. The Hall–Kier alpha value is 0. The maximum absolute atomic E-state index is 2.44. The SMILES string of the molecule is C[C@@H](C1CCCCC1)C(C)(C)C. The fourth-order valence-electron chi connectivity index (χ4n) is 2.34. The number of hydrogen-bond acceptors (Lipinski definition) is 0. The smallest absolute Gasteiger partial charge is 0.0354 e. The summed E-state index contributed by atoms with van der Waals surface area (Å²) in [6.45, 7) is 9.58. The highest BCUT2D eigenvalue weighted by molar-refractivity contribution is 4.79. The predicted octanol–water partition coefficient (Wildman–Crippen LogP) is 4.25. The van der Waals surface area contributed by atoms with Crippen molar-refractivity contribution in [1.29, 1.82) is 0 Å². The van der Waals surface area contributed by atoms with Gasteiger partial charge in [0.2, 0.25) is 0 Å². The Morgan fingerprint density at radius 3 is 1.92 bits per heavy atom. The molecule has 0 spiro atoms. The molecule has 12 heavy (non-hydrogen) atoms. The van der Waals surface area contributed by atoms with Crippen LogP contribution in [0.2, 0.25) is 0 Å². The largest absolute Gasteiger partial charge is 0.0617 e. The van der Waals surface area contributed by atoms with Crippen LogP contribution in [0.4, 0.5) is 0 Å². The van der Waals surface area contributed by atoms with Crippen LogP contribution in [0.1, 0.15) is 59.8 Å². The minimum atomic E-state index is 0.516. The average molecular weight is 168 g/mol. The maximum Gasteiger partial charge on any atom is -0.0354 e. The molecule has 1 fully saturated rings. The average Bonchev–Trinajstić information content (AvgIpc) is 2.03. The first-order valence-electron chi connectivity index (χ1n) is 5.52. The van der Waals surface area contributed by atoms with Crippen LogP contribution in [0.5, 0.6) is 0 Å². The van der Waals surface area contributed by atoms with Crippen molar-refractivity contribution in [3.05, 3.63) is 0 Å². The summed E-state index contributed by atoms with van der Waals surface area (Å²) in [7, 11) is 0. The number of hydrogen-bond donors (Lipinski definition) is 0. The Morgan fingerprint density at radius 2 is 1.50 bits per heavy atom. The van der Waals surface area contributed by atoms with Gasteiger partial charge >= 0.3 is 0 Å².